The average Bonchev–Trinajstić information content (AvgIpc) is 3.43. The number of nitriles is 1. The van der Waals surface area contributed by atoms with Crippen molar-refractivity contribution in [2.24, 2.45) is 0 Å². The highest BCUT2D eigenvalue weighted by atomic mass is 16.5. The molecule has 5 rings (SSSR count). The van der Waals surface area contributed by atoms with Crippen LogP contribution in [-0.4, -0.2) is 27.8 Å². The van der Waals surface area contributed by atoms with Crippen LogP contribution in [0.2, 0.25) is 0 Å². The van der Waals surface area contributed by atoms with E-state index in [1.54, 1.807) is 25.7 Å². The van der Waals surface area contributed by atoms with E-state index in [-0.39, 0.29) is 12.2 Å². The van der Waals surface area contributed by atoms with Gasteiger partial charge in [-0.05, 0) is 49.2 Å². The average molecular weight is 501 g/mol. The Bertz CT molecular complexity index is 1600. The molecule has 1 aliphatic rings. The van der Waals surface area contributed by atoms with E-state index in [9.17, 15) is 10.1 Å². The van der Waals surface area contributed by atoms with Crippen molar-refractivity contribution in [2.45, 2.75) is 38.5 Å². The number of carbonyl (C=O) groups excluding carboxylic acids is 1. The van der Waals surface area contributed by atoms with Crippen molar-refractivity contribution in [2.75, 3.05) is 7.11 Å². The van der Waals surface area contributed by atoms with Gasteiger partial charge in [-0.2, -0.15) is 5.26 Å². The quantitative estimate of drug-likeness (QED) is 0.279. The molecule has 2 heterocycles. The molecule has 0 spiro atoms. The highest BCUT2D eigenvalue weighted by molar-refractivity contribution is 5.97. The van der Waals surface area contributed by atoms with Crippen LogP contribution in [0.4, 0.5) is 0 Å². The molecular weight excluding hydrogens is 472 g/mol. The molecular formula is C32H28N4O2. The van der Waals surface area contributed by atoms with Crippen LogP contribution < -0.4 is 4.74 Å². The molecule has 38 heavy (non-hydrogen) atoms. The van der Waals surface area contributed by atoms with E-state index in [0.29, 0.717) is 12.0 Å². The number of benzene rings is 2. The molecule has 0 radical (unpaired) electrons. The molecule has 0 saturated carbocycles. The largest absolute Gasteiger partial charge is 0.496 e. The zero-order chi connectivity index (χ0) is 26.7. The Hall–Kier alpha value is -4.63. The lowest BCUT2D eigenvalue weighted by Gasteiger charge is -2.16. The molecule has 1 aliphatic carbocycles. The first-order chi connectivity index (χ1) is 18.4. The molecule has 0 saturated heterocycles. The number of fused-ring (bicyclic) bond motifs is 1. The van der Waals surface area contributed by atoms with Gasteiger partial charge in [0.1, 0.15) is 12.1 Å². The summed E-state index contributed by atoms with van der Waals surface area (Å²) in [5, 5.41) is 9.49. The van der Waals surface area contributed by atoms with Crippen molar-refractivity contribution in [3.8, 4) is 23.1 Å². The molecule has 6 nitrogen and oxygen atoms in total. The molecule has 0 N–H and O–H groups in total. The smallest absolute Gasteiger partial charge is 0.167 e. The summed E-state index contributed by atoms with van der Waals surface area (Å²) in [5.41, 5.74) is 7.36. The van der Waals surface area contributed by atoms with Gasteiger partial charge in [-0.15, -0.1) is 0 Å². The van der Waals surface area contributed by atoms with Gasteiger partial charge in [-0.1, -0.05) is 42.5 Å². The Kier molecular flexibility index (Phi) is 6.85. The molecule has 2 aromatic heterocycles. The summed E-state index contributed by atoms with van der Waals surface area (Å²) in [4.78, 5) is 26.9. The molecule has 0 unspecified atom stereocenters. The number of nitrogens with zero attached hydrogens (tertiary/aromatic N) is 4. The zero-order valence-electron chi connectivity index (χ0n) is 21.7. The first-order valence-corrected chi connectivity index (χ1v) is 12.5. The number of ketones is 1. The predicted molar refractivity (Wildman–Crippen MR) is 147 cm³/mol. The maximum Gasteiger partial charge on any atom is 0.167 e. The van der Waals surface area contributed by atoms with E-state index in [4.69, 9.17) is 9.72 Å². The van der Waals surface area contributed by atoms with Crippen LogP contribution in [0.3, 0.4) is 0 Å². The minimum absolute atomic E-state index is 0.00133. The van der Waals surface area contributed by atoms with E-state index in [1.165, 1.54) is 0 Å². The van der Waals surface area contributed by atoms with Crippen molar-refractivity contribution < 1.29 is 9.53 Å². The van der Waals surface area contributed by atoms with Gasteiger partial charge in [0.25, 0.3) is 0 Å². The summed E-state index contributed by atoms with van der Waals surface area (Å²) < 4.78 is 5.67. The van der Waals surface area contributed by atoms with Gasteiger partial charge < -0.3 is 4.74 Å². The summed E-state index contributed by atoms with van der Waals surface area (Å²) in [6, 6.07) is 19.4. The second-order valence-electron chi connectivity index (χ2n) is 9.93. The Labute approximate surface area is 222 Å². The lowest BCUT2D eigenvalue weighted by Crippen LogP contribution is -2.15. The Morgan fingerprint density at radius 1 is 1.08 bits per heavy atom. The van der Waals surface area contributed by atoms with Crippen molar-refractivity contribution in [3.63, 3.8) is 0 Å². The monoisotopic (exact) mass is 500 g/mol. The van der Waals surface area contributed by atoms with Gasteiger partial charge in [-0.25, -0.2) is 9.97 Å². The molecule has 188 valence electrons. The van der Waals surface area contributed by atoms with Crippen molar-refractivity contribution in [1.29, 1.82) is 5.26 Å². The third kappa shape index (κ3) is 4.96. The van der Waals surface area contributed by atoms with Crippen molar-refractivity contribution >= 4 is 11.9 Å². The third-order valence-corrected chi connectivity index (χ3v) is 6.96. The summed E-state index contributed by atoms with van der Waals surface area (Å²) in [6.45, 7) is 3.70. The van der Waals surface area contributed by atoms with Crippen LogP contribution in [0.15, 0.2) is 73.2 Å². The number of hydrogen-bond donors (Lipinski definition) is 0. The second-order valence-corrected chi connectivity index (χ2v) is 9.93. The molecule has 0 atom stereocenters. The number of allylic oxidation sites excluding steroid dienone is 1. The molecule has 6 heteroatoms. The van der Waals surface area contributed by atoms with Crippen molar-refractivity contribution in [3.05, 3.63) is 112 Å². The number of ether oxygens (including phenoxy) is 1. The van der Waals surface area contributed by atoms with E-state index in [0.717, 1.165) is 57.1 Å². The number of rotatable bonds is 8. The normalized spacial score (nSPS) is 12.2. The summed E-state index contributed by atoms with van der Waals surface area (Å²) in [7, 11) is 1.65. The van der Waals surface area contributed by atoms with E-state index in [1.807, 2.05) is 62.4 Å². The predicted octanol–water partition coefficient (Wildman–Crippen LogP) is 5.93. The van der Waals surface area contributed by atoms with E-state index < -0.39 is 5.41 Å². The fourth-order valence-corrected chi connectivity index (χ4v) is 4.76. The van der Waals surface area contributed by atoms with Gasteiger partial charge in [0.05, 0.1) is 35.7 Å². The molecule has 0 fully saturated rings. The van der Waals surface area contributed by atoms with Gasteiger partial charge >= 0.3 is 0 Å². The number of aromatic nitrogens is 3. The number of Topliss-reactive ketones (excluding diaryl/α,β-unsaturated/α-hetero) is 1. The molecule has 4 aromatic rings. The van der Waals surface area contributed by atoms with Gasteiger partial charge in [0.2, 0.25) is 0 Å². The molecule has 0 aliphatic heterocycles. The van der Waals surface area contributed by atoms with E-state index >= 15 is 0 Å². The van der Waals surface area contributed by atoms with E-state index in [2.05, 4.69) is 28.2 Å². The Balaban J connectivity index is 1.44. The fraction of sp³-hybridized carbons (Fsp3) is 0.219. The topological polar surface area (TPSA) is 88.8 Å². The van der Waals surface area contributed by atoms with Gasteiger partial charge in [-0.3, -0.25) is 9.78 Å². The minimum Gasteiger partial charge on any atom is -0.496 e. The maximum atomic E-state index is 13.2. The van der Waals surface area contributed by atoms with Crippen LogP contribution in [0.1, 0.15) is 57.8 Å². The van der Waals surface area contributed by atoms with Crippen LogP contribution >= 0.6 is 0 Å². The number of methoxy groups -OCH3 is 1. The third-order valence-electron chi connectivity index (χ3n) is 6.96. The minimum atomic E-state index is -0.663. The second kappa shape index (κ2) is 10.4. The van der Waals surface area contributed by atoms with Crippen LogP contribution in [0, 0.1) is 11.3 Å². The molecule has 0 bridgehead atoms. The van der Waals surface area contributed by atoms with Gasteiger partial charge in [0, 0.05) is 47.7 Å². The van der Waals surface area contributed by atoms with Crippen LogP contribution in [0.25, 0.3) is 17.3 Å². The van der Waals surface area contributed by atoms with Crippen LogP contribution in [-0.2, 0) is 24.7 Å². The highest BCUT2D eigenvalue weighted by Crippen LogP contribution is 2.32. The molecule has 2 aromatic carbocycles. The summed E-state index contributed by atoms with van der Waals surface area (Å²) in [6.07, 6.45) is 9.13. The Morgan fingerprint density at radius 2 is 1.95 bits per heavy atom. The fourth-order valence-electron chi connectivity index (χ4n) is 4.76. The summed E-state index contributed by atoms with van der Waals surface area (Å²) >= 11 is 0. The number of pyridine rings is 1. The van der Waals surface area contributed by atoms with Gasteiger partial charge in [0.15, 0.2) is 5.78 Å². The lowest BCUT2D eigenvalue weighted by molar-refractivity contribution is 0.0993. The lowest BCUT2D eigenvalue weighted by atomic mass is 9.85. The molecule has 0 amide bonds. The van der Waals surface area contributed by atoms with Crippen LogP contribution in [0.5, 0.6) is 5.75 Å². The highest BCUT2D eigenvalue weighted by Gasteiger charge is 2.22. The number of hydrogen-bond acceptors (Lipinski definition) is 6. The first-order valence-electron chi connectivity index (χ1n) is 12.5. The van der Waals surface area contributed by atoms with Crippen molar-refractivity contribution in [1.82, 2.24) is 15.0 Å². The summed E-state index contributed by atoms with van der Waals surface area (Å²) in [5.74, 6) is 0.738. The zero-order valence-corrected chi connectivity index (χ0v) is 21.7. The maximum absolute atomic E-state index is 13.2. The standard InChI is InChI=1S/C32H28N4O2/c1-32(2,19-33)24-8-4-7-22(17-24)29(37)16-21-12-13-30(38-3)23(15-21)18-28-26(10-6-14-34-28)31-25-9-5-11-27(25)35-20-36-31/h4-10,12-15,17,20H,11,16,18H2,1-3H3. The SMILES string of the molecule is COc1ccc(CC(=O)c2cccc(C(C)(C)C#N)c2)cc1Cc1ncccc1-c1ncnc2c1C=CC2. The Morgan fingerprint density at radius 3 is 2.76 bits per heavy atom. The first kappa shape index (κ1) is 25.0. The number of carbonyl (C=O) groups is 1.